The maximum absolute atomic E-state index is 2.35. The van der Waals surface area contributed by atoms with E-state index in [0.29, 0.717) is 0 Å². The van der Waals surface area contributed by atoms with Crippen LogP contribution < -0.4 is 4.57 Å². The van der Waals surface area contributed by atoms with E-state index in [9.17, 15) is 0 Å². The number of aromatic nitrogens is 1. The molecule has 0 amide bonds. The molecular formula is C24H28N+. The third-order valence-corrected chi connectivity index (χ3v) is 4.95. The summed E-state index contributed by atoms with van der Waals surface area (Å²) in [6.07, 6.45) is 2.25. The average molecular weight is 330 g/mol. The van der Waals surface area contributed by atoms with Crippen molar-refractivity contribution in [3.8, 4) is 22.4 Å². The molecule has 0 aliphatic rings. The van der Waals surface area contributed by atoms with Crippen LogP contribution in [0.1, 0.15) is 37.5 Å². The predicted octanol–water partition coefficient (Wildman–Crippen LogP) is 5.76. The fourth-order valence-corrected chi connectivity index (χ4v) is 3.30. The fourth-order valence-electron chi connectivity index (χ4n) is 3.30. The Morgan fingerprint density at radius 3 is 2.08 bits per heavy atom. The second-order valence-electron chi connectivity index (χ2n) is 8.01. The van der Waals surface area contributed by atoms with Crippen LogP contribution in [0.15, 0.2) is 60.8 Å². The smallest absolute Gasteiger partial charge is 0.200 e. The van der Waals surface area contributed by atoms with Crippen LogP contribution >= 0.6 is 0 Å². The molecule has 3 aromatic rings. The number of rotatable bonds is 2. The summed E-state index contributed by atoms with van der Waals surface area (Å²) in [5.74, 6) is 0. The molecule has 1 heteroatoms. The van der Waals surface area contributed by atoms with E-state index in [1.165, 1.54) is 39.1 Å². The Morgan fingerprint density at radius 2 is 1.44 bits per heavy atom. The average Bonchev–Trinajstić information content (AvgIpc) is 2.57. The van der Waals surface area contributed by atoms with Gasteiger partial charge in [-0.2, -0.15) is 0 Å². The molecule has 0 unspecified atom stereocenters. The SMILES string of the molecule is Cc1cc(-c2cc(C(C)(C)C)ccc2C)[n+](C)cc1-c1ccccc1. The zero-order valence-corrected chi connectivity index (χ0v) is 16.2. The van der Waals surface area contributed by atoms with Crippen molar-refractivity contribution in [3.63, 3.8) is 0 Å². The fraction of sp³-hybridized carbons (Fsp3) is 0.292. The van der Waals surface area contributed by atoms with Gasteiger partial charge in [0.2, 0.25) is 5.69 Å². The molecule has 128 valence electrons. The van der Waals surface area contributed by atoms with Crippen molar-refractivity contribution in [2.45, 2.75) is 40.0 Å². The minimum atomic E-state index is 0.153. The maximum atomic E-state index is 2.35. The first-order valence-corrected chi connectivity index (χ1v) is 8.94. The summed E-state index contributed by atoms with van der Waals surface area (Å²) < 4.78 is 2.25. The van der Waals surface area contributed by atoms with Crippen LogP contribution in [0.3, 0.4) is 0 Å². The predicted molar refractivity (Wildman–Crippen MR) is 107 cm³/mol. The van der Waals surface area contributed by atoms with Crippen molar-refractivity contribution in [3.05, 3.63) is 77.5 Å². The van der Waals surface area contributed by atoms with Crippen LogP contribution in [0.5, 0.6) is 0 Å². The van der Waals surface area contributed by atoms with Gasteiger partial charge in [0.1, 0.15) is 7.05 Å². The number of hydrogen-bond acceptors (Lipinski definition) is 0. The molecule has 0 N–H and O–H groups in total. The highest BCUT2D eigenvalue weighted by Gasteiger charge is 2.20. The van der Waals surface area contributed by atoms with Crippen LogP contribution in [0.25, 0.3) is 22.4 Å². The van der Waals surface area contributed by atoms with Gasteiger partial charge >= 0.3 is 0 Å². The van der Waals surface area contributed by atoms with Gasteiger partial charge < -0.3 is 0 Å². The molecule has 2 aromatic carbocycles. The summed E-state index contributed by atoms with van der Waals surface area (Å²) in [7, 11) is 2.14. The van der Waals surface area contributed by atoms with Gasteiger partial charge in [0.05, 0.1) is 0 Å². The Kier molecular flexibility index (Phi) is 4.51. The monoisotopic (exact) mass is 330 g/mol. The molecule has 0 fully saturated rings. The van der Waals surface area contributed by atoms with E-state index in [2.05, 4.69) is 107 Å². The van der Waals surface area contributed by atoms with Gasteiger partial charge in [-0.05, 0) is 47.6 Å². The summed E-state index contributed by atoms with van der Waals surface area (Å²) in [5.41, 5.74) is 9.28. The molecule has 0 aliphatic carbocycles. The molecule has 3 rings (SSSR count). The molecule has 0 saturated heterocycles. The zero-order chi connectivity index (χ0) is 18.2. The summed E-state index contributed by atoms with van der Waals surface area (Å²) in [6, 6.07) is 19.8. The molecule has 0 radical (unpaired) electrons. The van der Waals surface area contributed by atoms with Crippen molar-refractivity contribution in [1.82, 2.24) is 0 Å². The summed E-state index contributed by atoms with van der Waals surface area (Å²) >= 11 is 0. The van der Waals surface area contributed by atoms with Gasteiger partial charge in [0, 0.05) is 17.2 Å². The van der Waals surface area contributed by atoms with Crippen LogP contribution in [0, 0.1) is 13.8 Å². The van der Waals surface area contributed by atoms with Crippen molar-refractivity contribution in [2.24, 2.45) is 7.05 Å². The zero-order valence-electron chi connectivity index (χ0n) is 16.2. The molecule has 0 atom stereocenters. The first kappa shape index (κ1) is 17.4. The number of benzene rings is 2. The van der Waals surface area contributed by atoms with Gasteiger partial charge in [-0.1, -0.05) is 63.2 Å². The third kappa shape index (κ3) is 3.51. The molecule has 1 nitrogen and oxygen atoms in total. The van der Waals surface area contributed by atoms with Crippen molar-refractivity contribution in [1.29, 1.82) is 0 Å². The van der Waals surface area contributed by atoms with E-state index < -0.39 is 0 Å². The topological polar surface area (TPSA) is 3.88 Å². The number of pyridine rings is 1. The van der Waals surface area contributed by atoms with Gasteiger partial charge in [0.25, 0.3) is 0 Å². The van der Waals surface area contributed by atoms with Crippen LogP contribution in [0.4, 0.5) is 0 Å². The van der Waals surface area contributed by atoms with Gasteiger partial charge in [-0.25, -0.2) is 4.57 Å². The highest BCUT2D eigenvalue weighted by molar-refractivity contribution is 5.70. The van der Waals surface area contributed by atoms with Gasteiger partial charge in [0.15, 0.2) is 6.20 Å². The normalized spacial score (nSPS) is 11.6. The Balaban J connectivity index is 2.15. The summed E-state index contributed by atoms with van der Waals surface area (Å²) in [5, 5.41) is 0. The van der Waals surface area contributed by atoms with Crippen molar-refractivity contribution in [2.75, 3.05) is 0 Å². The lowest BCUT2D eigenvalue weighted by Gasteiger charge is -2.20. The molecule has 0 bridgehead atoms. The quantitative estimate of drug-likeness (QED) is 0.526. The van der Waals surface area contributed by atoms with Gasteiger partial charge in [-0.15, -0.1) is 0 Å². The Labute approximate surface area is 152 Å². The minimum Gasteiger partial charge on any atom is -0.200 e. The van der Waals surface area contributed by atoms with Crippen LogP contribution in [0.2, 0.25) is 0 Å². The Hall–Kier alpha value is -2.41. The molecule has 25 heavy (non-hydrogen) atoms. The van der Waals surface area contributed by atoms with Gasteiger partial charge in [-0.3, -0.25) is 0 Å². The largest absolute Gasteiger partial charge is 0.212 e. The lowest BCUT2D eigenvalue weighted by molar-refractivity contribution is -0.660. The van der Waals surface area contributed by atoms with E-state index in [1.54, 1.807) is 0 Å². The number of aryl methyl sites for hydroxylation is 3. The van der Waals surface area contributed by atoms with Crippen molar-refractivity contribution < 1.29 is 4.57 Å². The lowest BCUT2D eigenvalue weighted by atomic mass is 9.84. The second-order valence-corrected chi connectivity index (χ2v) is 8.01. The first-order valence-electron chi connectivity index (χ1n) is 8.94. The number of hydrogen-bond donors (Lipinski definition) is 0. The second kappa shape index (κ2) is 6.48. The standard InChI is InChI=1S/C24H28N/c1-17-12-13-20(24(3,4)5)15-21(17)23-14-18(2)22(16-25(23)6)19-10-8-7-9-11-19/h7-16H,1-6H3/q+1. The van der Waals surface area contributed by atoms with E-state index in [0.717, 1.165) is 0 Å². The number of nitrogens with zero attached hydrogens (tertiary/aromatic N) is 1. The summed E-state index contributed by atoms with van der Waals surface area (Å²) in [6.45, 7) is 11.2. The molecule has 0 saturated carbocycles. The first-order chi connectivity index (χ1) is 11.8. The molecule has 0 spiro atoms. The van der Waals surface area contributed by atoms with Crippen LogP contribution in [-0.2, 0) is 12.5 Å². The Morgan fingerprint density at radius 1 is 0.760 bits per heavy atom. The minimum absolute atomic E-state index is 0.153. The summed E-state index contributed by atoms with van der Waals surface area (Å²) in [4.78, 5) is 0. The van der Waals surface area contributed by atoms with Crippen molar-refractivity contribution >= 4 is 0 Å². The maximum Gasteiger partial charge on any atom is 0.212 e. The highest BCUT2D eigenvalue weighted by atomic mass is 14.9. The molecule has 1 aromatic heterocycles. The van der Waals surface area contributed by atoms with Crippen LogP contribution in [-0.4, -0.2) is 0 Å². The molecular weight excluding hydrogens is 302 g/mol. The molecule has 0 aliphatic heterocycles. The molecule has 1 heterocycles. The lowest BCUT2D eigenvalue weighted by Crippen LogP contribution is -2.31. The Bertz CT molecular complexity index is 899. The van der Waals surface area contributed by atoms with E-state index >= 15 is 0 Å². The highest BCUT2D eigenvalue weighted by Crippen LogP contribution is 2.31. The van der Waals surface area contributed by atoms with E-state index in [-0.39, 0.29) is 5.41 Å². The van der Waals surface area contributed by atoms with E-state index in [4.69, 9.17) is 0 Å². The van der Waals surface area contributed by atoms with E-state index in [1.807, 2.05) is 0 Å². The third-order valence-electron chi connectivity index (χ3n) is 4.95.